The zero-order valence-electron chi connectivity index (χ0n) is 11.2. The van der Waals surface area contributed by atoms with Crippen molar-refractivity contribution in [2.75, 3.05) is 6.61 Å². The molecule has 1 aromatic heterocycles. The molecular weight excluding hydrogens is 296 g/mol. The van der Waals surface area contributed by atoms with E-state index in [1.807, 2.05) is 11.6 Å². The van der Waals surface area contributed by atoms with Gasteiger partial charge in [-0.1, -0.05) is 6.92 Å². The summed E-state index contributed by atoms with van der Waals surface area (Å²) in [5.41, 5.74) is 2.08. The lowest BCUT2D eigenvalue weighted by Gasteiger charge is -2.13. The average Bonchev–Trinajstić information content (AvgIpc) is 2.65. The van der Waals surface area contributed by atoms with Gasteiger partial charge in [-0.05, 0) is 42.6 Å². The van der Waals surface area contributed by atoms with Crippen LogP contribution in [0.25, 0.3) is 0 Å². The smallest absolute Gasteiger partial charge is 0.133 e. The van der Waals surface area contributed by atoms with Crippen LogP contribution in [-0.4, -0.2) is 27.3 Å². The quantitative estimate of drug-likeness (QED) is 0.840. The molecule has 0 aliphatic rings. The molecule has 0 bridgehead atoms. The molecule has 1 rings (SSSR count). The summed E-state index contributed by atoms with van der Waals surface area (Å²) in [4.78, 5) is 11.6. The van der Waals surface area contributed by atoms with Crippen LogP contribution in [-0.2, 0) is 24.2 Å². The van der Waals surface area contributed by atoms with Gasteiger partial charge in [-0.15, -0.1) is 0 Å². The van der Waals surface area contributed by atoms with Crippen molar-refractivity contribution in [1.82, 2.24) is 9.78 Å². The van der Waals surface area contributed by atoms with Crippen molar-refractivity contribution >= 4 is 21.7 Å². The minimum absolute atomic E-state index is 0.0444. The number of ketones is 1. The summed E-state index contributed by atoms with van der Waals surface area (Å²) in [6.07, 6.45) is 2.01. The molecule has 0 radical (unpaired) electrons. The Kier molecular flexibility index (Phi) is 6.02. The third-order valence-corrected chi connectivity index (χ3v) is 4.10. The molecule has 1 heterocycles. The molecule has 1 atom stereocenters. The molecule has 1 unspecified atom stereocenters. The van der Waals surface area contributed by atoms with E-state index in [9.17, 15) is 4.79 Å². The normalized spacial score (nSPS) is 12.7. The van der Waals surface area contributed by atoms with Gasteiger partial charge < -0.3 is 5.11 Å². The van der Waals surface area contributed by atoms with Crippen LogP contribution in [0.5, 0.6) is 0 Å². The summed E-state index contributed by atoms with van der Waals surface area (Å²) in [5.74, 6) is -0.00384. The summed E-state index contributed by atoms with van der Waals surface area (Å²) in [5, 5.41) is 13.5. The monoisotopic (exact) mass is 316 g/mol. The molecule has 1 N–H and O–H groups in total. The van der Waals surface area contributed by atoms with E-state index in [0.717, 1.165) is 28.8 Å². The maximum Gasteiger partial charge on any atom is 0.133 e. The number of aliphatic hydroxyl groups excluding tert-OH is 1. The highest BCUT2D eigenvalue weighted by molar-refractivity contribution is 9.10. The molecule has 4 nitrogen and oxygen atoms in total. The van der Waals surface area contributed by atoms with Crippen molar-refractivity contribution in [1.29, 1.82) is 0 Å². The maximum atomic E-state index is 11.6. The number of hydrogen-bond donors (Lipinski definition) is 1. The Morgan fingerprint density at radius 1 is 1.50 bits per heavy atom. The first-order chi connectivity index (χ1) is 8.54. The summed E-state index contributed by atoms with van der Waals surface area (Å²) < 4.78 is 2.95. The largest absolute Gasteiger partial charge is 0.396 e. The van der Waals surface area contributed by atoms with Gasteiger partial charge in [0.2, 0.25) is 0 Å². The molecule has 1 aromatic rings. The van der Waals surface area contributed by atoms with Gasteiger partial charge in [0.15, 0.2) is 0 Å². The van der Waals surface area contributed by atoms with Crippen LogP contribution < -0.4 is 0 Å². The molecule has 0 aromatic carbocycles. The van der Waals surface area contributed by atoms with E-state index in [1.54, 1.807) is 6.92 Å². The zero-order valence-corrected chi connectivity index (χ0v) is 12.8. The van der Waals surface area contributed by atoms with Crippen molar-refractivity contribution in [3.63, 3.8) is 0 Å². The van der Waals surface area contributed by atoms with Crippen molar-refractivity contribution in [3.8, 4) is 0 Å². The van der Waals surface area contributed by atoms with Crippen molar-refractivity contribution in [3.05, 3.63) is 15.9 Å². The van der Waals surface area contributed by atoms with Crippen LogP contribution in [0.2, 0.25) is 0 Å². The summed E-state index contributed by atoms with van der Waals surface area (Å²) in [6, 6.07) is 0. The standard InChI is InChI=1S/C13H21BrN2O2/c1-4-11-13(14)12(16(5-2)15-11)8-10(6-7-17)9(3)18/h10,17H,4-8H2,1-3H3. The van der Waals surface area contributed by atoms with E-state index >= 15 is 0 Å². The Hall–Kier alpha value is -0.680. The summed E-state index contributed by atoms with van der Waals surface area (Å²) in [7, 11) is 0. The fraction of sp³-hybridized carbons (Fsp3) is 0.692. The fourth-order valence-electron chi connectivity index (χ4n) is 2.05. The van der Waals surface area contributed by atoms with Crippen LogP contribution >= 0.6 is 15.9 Å². The number of nitrogens with zero attached hydrogens (tertiary/aromatic N) is 2. The van der Waals surface area contributed by atoms with Crippen LogP contribution in [0.1, 0.15) is 38.6 Å². The molecule has 18 heavy (non-hydrogen) atoms. The lowest BCUT2D eigenvalue weighted by Crippen LogP contribution is -2.18. The Bertz CT molecular complexity index is 415. The van der Waals surface area contributed by atoms with Crippen LogP contribution in [0.4, 0.5) is 0 Å². The predicted molar refractivity (Wildman–Crippen MR) is 74.6 cm³/mol. The number of Topliss-reactive ketones (excluding diaryl/α,β-unsaturated/α-hetero) is 1. The van der Waals surface area contributed by atoms with Gasteiger partial charge in [0.1, 0.15) is 5.78 Å². The Morgan fingerprint density at radius 2 is 2.17 bits per heavy atom. The van der Waals surface area contributed by atoms with E-state index in [1.165, 1.54) is 0 Å². The molecule has 0 aliphatic heterocycles. The SMILES string of the molecule is CCc1nn(CC)c(CC(CCO)C(C)=O)c1Br. The lowest BCUT2D eigenvalue weighted by atomic mass is 9.95. The number of aliphatic hydroxyl groups is 1. The second-order valence-corrected chi connectivity index (χ2v) is 5.19. The molecule has 102 valence electrons. The topological polar surface area (TPSA) is 55.1 Å². The highest BCUT2D eigenvalue weighted by Gasteiger charge is 2.21. The van der Waals surface area contributed by atoms with Gasteiger partial charge in [0, 0.05) is 25.5 Å². The highest BCUT2D eigenvalue weighted by Crippen LogP contribution is 2.26. The van der Waals surface area contributed by atoms with Gasteiger partial charge >= 0.3 is 0 Å². The number of aromatic nitrogens is 2. The molecule has 0 aliphatic carbocycles. The maximum absolute atomic E-state index is 11.6. The van der Waals surface area contributed by atoms with E-state index in [2.05, 4.69) is 28.0 Å². The van der Waals surface area contributed by atoms with Gasteiger partial charge in [0.25, 0.3) is 0 Å². The number of hydrogen-bond acceptors (Lipinski definition) is 3. The Morgan fingerprint density at radius 3 is 2.61 bits per heavy atom. The van der Waals surface area contributed by atoms with Crippen LogP contribution in [0, 0.1) is 5.92 Å². The third kappa shape index (κ3) is 3.42. The van der Waals surface area contributed by atoms with E-state index in [0.29, 0.717) is 12.8 Å². The number of rotatable bonds is 7. The number of halogens is 1. The summed E-state index contributed by atoms with van der Waals surface area (Å²) in [6.45, 7) is 6.52. The van der Waals surface area contributed by atoms with Crippen molar-refractivity contribution in [2.45, 2.75) is 46.6 Å². The number of carbonyl (C=O) groups is 1. The second kappa shape index (κ2) is 7.04. The zero-order chi connectivity index (χ0) is 13.7. The van der Waals surface area contributed by atoms with Crippen molar-refractivity contribution < 1.29 is 9.90 Å². The minimum Gasteiger partial charge on any atom is -0.396 e. The molecule has 0 spiro atoms. The Labute approximate surface area is 117 Å². The fourth-order valence-corrected chi connectivity index (χ4v) is 2.78. The van der Waals surface area contributed by atoms with Crippen LogP contribution in [0.3, 0.4) is 0 Å². The van der Waals surface area contributed by atoms with Gasteiger partial charge in [-0.25, -0.2) is 0 Å². The summed E-state index contributed by atoms with van der Waals surface area (Å²) >= 11 is 3.57. The second-order valence-electron chi connectivity index (χ2n) is 4.40. The molecule has 0 fully saturated rings. The molecule has 0 saturated carbocycles. The minimum atomic E-state index is -0.127. The molecule has 5 heteroatoms. The van der Waals surface area contributed by atoms with E-state index < -0.39 is 0 Å². The van der Waals surface area contributed by atoms with E-state index in [-0.39, 0.29) is 18.3 Å². The first kappa shape index (κ1) is 15.4. The lowest BCUT2D eigenvalue weighted by molar-refractivity contribution is -0.121. The predicted octanol–water partition coefficient (Wildman–Crippen LogP) is 2.36. The Balaban J connectivity index is 3.00. The molecular formula is C13H21BrN2O2. The first-order valence-corrected chi connectivity index (χ1v) is 7.19. The van der Waals surface area contributed by atoms with Gasteiger partial charge in [-0.3, -0.25) is 9.48 Å². The van der Waals surface area contributed by atoms with Gasteiger partial charge in [-0.2, -0.15) is 5.10 Å². The third-order valence-electron chi connectivity index (χ3n) is 3.19. The molecule has 0 amide bonds. The average molecular weight is 317 g/mol. The first-order valence-electron chi connectivity index (χ1n) is 6.40. The molecule has 0 saturated heterocycles. The number of aryl methyl sites for hydroxylation is 2. The highest BCUT2D eigenvalue weighted by atomic mass is 79.9. The van der Waals surface area contributed by atoms with E-state index in [4.69, 9.17) is 5.11 Å². The van der Waals surface area contributed by atoms with Crippen LogP contribution in [0.15, 0.2) is 4.47 Å². The van der Waals surface area contributed by atoms with Crippen molar-refractivity contribution in [2.24, 2.45) is 5.92 Å². The number of carbonyl (C=O) groups excluding carboxylic acids is 1. The van der Waals surface area contributed by atoms with Gasteiger partial charge in [0.05, 0.1) is 15.9 Å².